The van der Waals surface area contributed by atoms with Crippen LogP contribution in [0.5, 0.6) is 5.75 Å². The highest BCUT2D eigenvalue weighted by molar-refractivity contribution is 8.00. The first-order chi connectivity index (χ1) is 13.0. The largest absolute Gasteiger partial charge is 0.494 e. The smallest absolute Gasteiger partial charge is 0.270 e. The Labute approximate surface area is 163 Å². The van der Waals surface area contributed by atoms with Crippen molar-refractivity contribution in [1.29, 1.82) is 0 Å². The molecule has 1 aromatic heterocycles. The number of amides is 1. The monoisotopic (exact) mass is 389 g/mol. The molecule has 0 spiro atoms. The van der Waals surface area contributed by atoms with Crippen LogP contribution in [0.15, 0.2) is 29.1 Å². The zero-order chi connectivity index (χ0) is 19.4. The molecular formula is C20H27N3O3S. The number of carbonyl (C=O) groups is 1. The van der Waals surface area contributed by atoms with Crippen LogP contribution in [0.3, 0.4) is 0 Å². The van der Waals surface area contributed by atoms with E-state index in [9.17, 15) is 9.59 Å². The highest BCUT2D eigenvalue weighted by atomic mass is 32.2. The van der Waals surface area contributed by atoms with Gasteiger partial charge in [-0.25, -0.2) is 0 Å². The Morgan fingerprint density at radius 1 is 1.22 bits per heavy atom. The third-order valence-corrected chi connectivity index (χ3v) is 5.94. The van der Waals surface area contributed by atoms with Crippen molar-refractivity contribution in [1.82, 2.24) is 9.78 Å². The van der Waals surface area contributed by atoms with Crippen LogP contribution < -0.4 is 15.6 Å². The molecule has 146 valence electrons. The van der Waals surface area contributed by atoms with Gasteiger partial charge in [-0.15, -0.1) is 11.8 Å². The minimum absolute atomic E-state index is 0.0805. The van der Waals surface area contributed by atoms with E-state index < -0.39 is 0 Å². The SMILES string of the molecule is CCCOc1ccc([C@H]2SCC(=O)Nc3c2c(=O)[nH]n3[C@H](C)CCC)cc1. The number of hydrogen-bond donors (Lipinski definition) is 2. The van der Waals surface area contributed by atoms with Gasteiger partial charge in [0.2, 0.25) is 5.91 Å². The van der Waals surface area contributed by atoms with Crippen LogP contribution in [-0.4, -0.2) is 28.0 Å². The molecule has 3 rings (SSSR count). The molecule has 1 aromatic carbocycles. The number of benzene rings is 1. The third kappa shape index (κ3) is 4.24. The number of H-pyrrole nitrogens is 1. The minimum atomic E-state index is -0.196. The molecule has 7 heteroatoms. The van der Waals surface area contributed by atoms with Crippen LogP contribution >= 0.6 is 11.8 Å². The van der Waals surface area contributed by atoms with Crippen LogP contribution in [0.2, 0.25) is 0 Å². The summed E-state index contributed by atoms with van der Waals surface area (Å²) >= 11 is 1.48. The van der Waals surface area contributed by atoms with Crippen LogP contribution in [0.4, 0.5) is 5.82 Å². The molecule has 1 amide bonds. The highest BCUT2D eigenvalue weighted by Crippen LogP contribution is 2.40. The van der Waals surface area contributed by atoms with Crippen molar-refractivity contribution in [2.24, 2.45) is 0 Å². The maximum Gasteiger partial charge on any atom is 0.270 e. The van der Waals surface area contributed by atoms with Gasteiger partial charge in [-0.05, 0) is 37.5 Å². The Kier molecular flexibility index (Phi) is 6.31. The Hall–Kier alpha value is -2.15. The number of rotatable bonds is 7. The van der Waals surface area contributed by atoms with Gasteiger partial charge in [-0.3, -0.25) is 19.4 Å². The number of hydrogen-bond acceptors (Lipinski definition) is 4. The quantitative estimate of drug-likeness (QED) is 0.747. The van der Waals surface area contributed by atoms with Gasteiger partial charge in [0.1, 0.15) is 11.6 Å². The van der Waals surface area contributed by atoms with E-state index in [1.165, 1.54) is 11.8 Å². The molecule has 27 heavy (non-hydrogen) atoms. The van der Waals surface area contributed by atoms with Gasteiger partial charge in [-0.2, -0.15) is 0 Å². The van der Waals surface area contributed by atoms with Crippen molar-refractivity contribution in [3.8, 4) is 5.75 Å². The maximum absolute atomic E-state index is 12.8. The third-order valence-electron chi connectivity index (χ3n) is 4.67. The number of aromatic nitrogens is 2. The topological polar surface area (TPSA) is 76.1 Å². The number of thioether (sulfide) groups is 1. The van der Waals surface area contributed by atoms with E-state index in [0.29, 0.717) is 23.7 Å². The summed E-state index contributed by atoms with van der Waals surface area (Å²) < 4.78 is 7.47. The van der Waals surface area contributed by atoms with Gasteiger partial charge in [0.15, 0.2) is 0 Å². The number of carbonyl (C=O) groups excluding carboxylic acids is 1. The van der Waals surface area contributed by atoms with E-state index in [0.717, 1.165) is 30.6 Å². The lowest BCUT2D eigenvalue weighted by atomic mass is 10.1. The van der Waals surface area contributed by atoms with E-state index >= 15 is 0 Å². The summed E-state index contributed by atoms with van der Waals surface area (Å²) in [6.07, 6.45) is 2.88. The molecule has 2 heterocycles. The van der Waals surface area contributed by atoms with Crippen molar-refractivity contribution in [2.45, 2.75) is 51.3 Å². The van der Waals surface area contributed by atoms with Crippen molar-refractivity contribution >= 4 is 23.5 Å². The fourth-order valence-electron chi connectivity index (χ4n) is 3.34. The van der Waals surface area contributed by atoms with Crippen molar-refractivity contribution in [3.05, 3.63) is 45.7 Å². The first-order valence-electron chi connectivity index (χ1n) is 9.53. The molecule has 0 radical (unpaired) electrons. The lowest BCUT2D eigenvalue weighted by Crippen LogP contribution is -2.18. The average molecular weight is 390 g/mol. The lowest BCUT2D eigenvalue weighted by Gasteiger charge is -2.17. The number of ether oxygens (including phenoxy) is 1. The summed E-state index contributed by atoms with van der Waals surface area (Å²) in [6, 6.07) is 7.93. The zero-order valence-electron chi connectivity index (χ0n) is 16.1. The van der Waals surface area contributed by atoms with Gasteiger partial charge in [0.05, 0.1) is 23.2 Å². The number of aromatic amines is 1. The molecule has 6 nitrogen and oxygen atoms in total. The fraction of sp³-hybridized carbons (Fsp3) is 0.500. The number of anilines is 1. The molecule has 2 atom stereocenters. The Balaban J connectivity index is 1.99. The summed E-state index contributed by atoms with van der Waals surface area (Å²) in [4.78, 5) is 25.0. The average Bonchev–Trinajstić information content (AvgIpc) is 2.87. The second-order valence-electron chi connectivity index (χ2n) is 6.87. The zero-order valence-corrected chi connectivity index (χ0v) is 16.9. The first-order valence-corrected chi connectivity index (χ1v) is 10.6. The van der Waals surface area contributed by atoms with Crippen molar-refractivity contribution < 1.29 is 9.53 Å². The van der Waals surface area contributed by atoms with E-state index in [-0.39, 0.29) is 22.8 Å². The molecular weight excluding hydrogens is 362 g/mol. The molecule has 2 N–H and O–H groups in total. The Bertz CT molecular complexity index is 841. The van der Waals surface area contributed by atoms with E-state index in [1.54, 1.807) is 0 Å². The summed E-state index contributed by atoms with van der Waals surface area (Å²) in [7, 11) is 0. The van der Waals surface area contributed by atoms with Crippen LogP contribution in [0.1, 0.15) is 62.5 Å². The lowest BCUT2D eigenvalue weighted by molar-refractivity contribution is -0.113. The summed E-state index contributed by atoms with van der Waals surface area (Å²) in [5.41, 5.74) is 1.47. The van der Waals surface area contributed by atoms with Gasteiger partial charge in [0.25, 0.3) is 5.56 Å². The molecule has 2 aromatic rings. The molecule has 0 saturated carbocycles. The number of fused-ring (bicyclic) bond motifs is 1. The number of nitrogens with zero attached hydrogens (tertiary/aromatic N) is 1. The second-order valence-corrected chi connectivity index (χ2v) is 7.96. The van der Waals surface area contributed by atoms with Gasteiger partial charge in [-0.1, -0.05) is 32.4 Å². The van der Waals surface area contributed by atoms with E-state index in [2.05, 4.69) is 31.2 Å². The van der Waals surface area contributed by atoms with Gasteiger partial charge < -0.3 is 10.1 Å². The minimum Gasteiger partial charge on any atom is -0.494 e. The highest BCUT2D eigenvalue weighted by Gasteiger charge is 2.31. The summed E-state index contributed by atoms with van der Waals surface area (Å²) in [6.45, 7) is 6.91. The summed E-state index contributed by atoms with van der Waals surface area (Å²) in [5, 5.41) is 5.68. The predicted molar refractivity (Wildman–Crippen MR) is 110 cm³/mol. The van der Waals surface area contributed by atoms with Gasteiger partial charge >= 0.3 is 0 Å². The second kappa shape index (κ2) is 8.69. The standard InChI is InChI=1S/C20H27N3O3S/c1-4-6-13(3)23-19-17(20(25)22-23)18(27-12-16(24)21-19)14-7-9-15(10-8-14)26-11-5-2/h7-10,13,18H,4-6,11-12H2,1-3H3,(H,21,24)(H,22,25)/t13-,18-/m1/s1. The molecule has 0 aliphatic carbocycles. The Morgan fingerprint density at radius 3 is 2.63 bits per heavy atom. The molecule has 1 aliphatic rings. The molecule has 1 aliphatic heterocycles. The van der Waals surface area contributed by atoms with E-state index in [1.807, 2.05) is 28.9 Å². The van der Waals surface area contributed by atoms with Crippen LogP contribution in [-0.2, 0) is 4.79 Å². The maximum atomic E-state index is 12.8. The molecule has 0 unspecified atom stereocenters. The van der Waals surface area contributed by atoms with Crippen LogP contribution in [0.25, 0.3) is 0 Å². The normalized spacial score (nSPS) is 17.7. The molecule has 0 fully saturated rings. The molecule has 0 saturated heterocycles. The first kappa shape index (κ1) is 19.6. The summed E-state index contributed by atoms with van der Waals surface area (Å²) in [5.74, 6) is 1.65. The molecule has 0 bridgehead atoms. The fourth-order valence-corrected chi connectivity index (χ4v) is 4.47. The predicted octanol–water partition coefficient (Wildman–Crippen LogP) is 4.10. The van der Waals surface area contributed by atoms with Gasteiger partial charge in [0, 0.05) is 6.04 Å². The number of nitrogens with one attached hydrogen (secondary N) is 2. The Morgan fingerprint density at radius 2 is 1.96 bits per heavy atom. The van der Waals surface area contributed by atoms with Crippen molar-refractivity contribution in [3.63, 3.8) is 0 Å². The van der Waals surface area contributed by atoms with Crippen LogP contribution in [0, 0.1) is 0 Å². The van der Waals surface area contributed by atoms with Crippen molar-refractivity contribution in [2.75, 3.05) is 17.7 Å². The van der Waals surface area contributed by atoms with E-state index in [4.69, 9.17) is 4.74 Å².